The van der Waals surface area contributed by atoms with Crippen LogP contribution >= 0.6 is 0 Å². The van der Waals surface area contributed by atoms with Gasteiger partial charge in [-0.1, -0.05) is 35.4 Å². The molecule has 1 aromatic carbocycles. The van der Waals surface area contributed by atoms with Crippen molar-refractivity contribution in [1.82, 2.24) is 35.1 Å². The van der Waals surface area contributed by atoms with Gasteiger partial charge in [-0.05, 0) is 42.3 Å². The lowest BCUT2D eigenvalue weighted by Crippen LogP contribution is -2.51. The zero-order valence-electron chi connectivity index (χ0n) is 23.5. The van der Waals surface area contributed by atoms with Crippen LogP contribution in [0.3, 0.4) is 0 Å². The molecule has 1 saturated heterocycles. The molecule has 1 aliphatic heterocycles. The van der Waals surface area contributed by atoms with Crippen LogP contribution in [0.15, 0.2) is 54.9 Å². The summed E-state index contributed by atoms with van der Waals surface area (Å²) in [6.45, 7) is 2.41. The molecule has 1 fully saturated rings. The number of nitrogens with one attached hydrogen (secondary N) is 1. The molecule has 0 saturated carbocycles. The fourth-order valence-electron chi connectivity index (χ4n) is 6.00. The molecule has 15 heteroatoms. The Morgan fingerprint density at radius 2 is 1.75 bits per heavy atom. The Labute approximate surface area is 248 Å². The minimum absolute atomic E-state index is 0.0795. The summed E-state index contributed by atoms with van der Waals surface area (Å²) < 4.78 is 16.8. The van der Waals surface area contributed by atoms with Crippen LogP contribution in [-0.4, -0.2) is 95.1 Å². The number of carboxylic acids is 2. The first-order chi connectivity index (χ1) is 21.1. The normalized spacial score (nSPS) is 21.9. The number of allylic oxidation sites excluding steroid dienone is 1. The van der Waals surface area contributed by atoms with Crippen LogP contribution in [0.4, 0.5) is 10.3 Å². The Hall–Kier alpha value is -5.47. The largest absolute Gasteiger partial charge is 0.481 e. The number of ketones is 1. The maximum Gasteiger partial charge on any atom is 0.316 e. The average Bonchev–Trinajstić information content (AvgIpc) is 3.70. The van der Waals surface area contributed by atoms with Gasteiger partial charge < -0.3 is 25.0 Å². The number of anilines is 1. The first kappa shape index (κ1) is 28.6. The van der Waals surface area contributed by atoms with Crippen LogP contribution in [-0.2, 0) is 19.8 Å². The lowest BCUT2D eigenvalue weighted by molar-refractivity contribution is -0.151. The quantitative estimate of drug-likeness (QED) is 0.159. The molecule has 1 aliphatic carbocycles. The zero-order valence-corrected chi connectivity index (χ0v) is 23.5. The number of tetrazole rings is 1. The highest BCUT2D eigenvalue weighted by Gasteiger charge is 2.52. The molecule has 1 amide bonds. The van der Waals surface area contributed by atoms with E-state index in [2.05, 4.69) is 25.5 Å². The Morgan fingerprint density at radius 3 is 2.43 bits per heavy atom. The number of hydrogen-bond donors (Lipinski definition) is 3. The van der Waals surface area contributed by atoms with E-state index in [1.807, 2.05) is 35.2 Å². The second-order valence-corrected chi connectivity index (χ2v) is 11.1. The molecule has 4 aromatic rings. The molecule has 3 N–H and O–H groups in total. The summed E-state index contributed by atoms with van der Waals surface area (Å²) >= 11 is 0. The van der Waals surface area contributed by atoms with Gasteiger partial charge in [0.25, 0.3) is 11.7 Å². The number of hydrogen-bond acceptors (Lipinski definition) is 9. The van der Waals surface area contributed by atoms with E-state index in [-0.39, 0.29) is 48.1 Å². The number of amides is 1. The van der Waals surface area contributed by atoms with E-state index in [1.165, 1.54) is 24.0 Å². The van der Waals surface area contributed by atoms with Crippen LogP contribution < -0.4 is 4.90 Å². The molecule has 14 nitrogen and oxygen atoms in total. The van der Waals surface area contributed by atoms with E-state index in [0.29, 0.717) is 19.0 Å². The molecule has 0 radical (unpaired) electrons. The number of aliphatic carboxylic acids is 2. The number of Topliss-reactive ketones (excluding diaryl/α,β-unsaturated/α-hetero) is 1. The molecule has 4 heterocycles. The van der Waals surface area contributed by atoms with Crippen LogP contribution in [0.5, 0.6) is 0 Å². The van der Waals surface area contributed by atoms with Crippen molar-refractivity contribution >= 4 is 40.5 Å². The number of H-pyrrole nitrogens is 1. The fraction of sp³-hybridized carbons (Fsp3) is 0.310. The highest BCUT2D eigenvalue weighted by Crippen LogP contribution is 2.46. The molecule has 0 spiro atoms. The second-order valence-electron chi connectivity index (χ2n) is 11.1. The van der Waals surface area contributed by atoms with E-state index >= 15 is 4.39 Å². The smallest absolute Gasteiger partial charge is 0.316 e. The summed E-state index contributed by atoms with van der Waals surface area (Å²) in [5.41, 5.74) is -3.05. The fourth-order valence-corrected chi connectivity index (χ4v) is 6.00. The van der Waals surface area contributed by atoms with Gasteiger partial charge in [0.2, 0.25) is 5.95 Å². The van der Waals surface area contributed by atoms with Gasteiger partial charge in [-0.25, -0.2) is 4.39 Å². The SMILES string of the molecule is CC1(C(=O)O)C=CCC(C(=O)O)(c2ncc(F)c3c(C(=O)C(=O)N4CCN(c5nnnn5-c5ccccc5)CC4)c[nH]c23)C1. The van der Waals surface area contributed by atoms with Gasteiger partial charge in [-0.15, -0.1) is 0 Å². The van der Waals surface area contributed by atoms with E-state index in [4.69, 9.17) is 0 Å². The number of fused-ring (bicyclic) bond motifs is 1. The van der Waals surface area contributed by atoms with Gasteiger partial charge in [-0.2, -0.15) is 4.68 Å². The van der Waals surface area contributed by atoms with Crippen molar-refractivity contribution in [3.63, 3.8) is 0 Å². The van der Waals surface area contributed by atoms with Crippen molar-refractivity contribution < 1.29 is 33.8 Å². The van der Waals surface area contributed by atoms with Crippen LogP contribution in [0.1, 0.15) is 35.8 Å². The molecular formula is C29H27FN8O6. The summed E-state index contributed by atoms with van der Waals surface area (Å²) in [4.78, 5) is 61.5. The number of pyridine rings is 1. The number of aromatic amines is 1. The van der Waals surface area contributed by atoms with Crippen molar-refractivity contribution in [1.29, 1.82) is 0 Å². The van der Waals surface area contributed by atoms with E-state index < -0.39 is 40.3 Å². The number of piperazine rings is 1. The summed E-state index contributed by atoms with van der Waals surface area (Å²) in [5, 5.41) is 31.8. The van der Waals surface area contributed by atoms with Crippen LogP contribution in [0.25, 0.3) is 16.6 Å². The standard InChI is InChI=1S/C29H27FN8O6/c1-28(25(41)42)8-5-9-29(16-28,26(43)44)23-21-20(19(30)15-32-23)18(14-31-21)22(39)24(40)36-10-12-37(13-11-36)27-33-34-35-38(27)17-6-3-2-4-7-17/h2-8,14-15,31H,9-13,16H2,1H3,(H,41,42)(H,43,44). The predicted molar refractivity (Wildman–Crippen MR) is 152 cm³/mol. The minimum atomic E-state index is -1.82. The van der Waals surface area contributed by atoms with Gasteiger partial charge in [-0.3, -0.25) is 24.2 Å². The third-order valence-corrected chi connectivity index (χ3v) is 8.38. The first-order valence-electron chi connectivity index (χ1n) is 13.8. The number of halogens is 1. The Kier molecular flexibility index (Phi) is 6.94. The third kappa shape index (κ3) is 4.56. The maximum absolute atomic E-state index is 15.2. The molecule has 2 aliphatic rings. The topological polar surface area (TPSA) is 187 Å². The first-order valence-corrected chi connectivity index (χ1v) is 13.8. The zero-order chi connectivity index (χ0) is 31.2. The van der Waals surface area contributed by atoms with E-state index in [9.17, 15) is 29.4 Å². The lowest BCUT2D eigenvalue weighted by Gasteiger charge is -2.37. The average molecular weight is 603 g/mol. The summed E-state index contributed by atoms with van der Waals surface area (Å²) in [6.07, 6.45) is 4.39. The van der Waals surface area contributed by atoms with Gasteiger partial charge in [0.15, 0.2) is 5.82 Å². The van der Waals surface area contributed by atoms with Gasteiger partial charge >= 0.3 is 11.9 Å². The number of aromatic nitrogens is 6. The van der Waals surface area contributed by atoms with Crippen molar-refractivity contribution in [2.45, 2.75) is 25.2 Å². The monoisotopic (exact) mass is 602 g/mol. The molecule has 226 valence electrons. The lowest BCUT2D eigenvalue weighted by atomic mass is 9.64. The van der Waals surface area contributed by atoms with E-state index in [1.54, 1.807) is 4.68 Å². The molecule has 0 bridgehead atoms. The van der Waals surface area contributed by atoms with Crippen molar-refractivity contribution in [2.75, 3.05) is 31.1 Å². The van der Waals surface area contributed by atoms with Crippen molar-refractivity contribution in [3.8, 4) is 5.69 Å². The number of carbonyl (C=O) groups is 4. The Bertz CT molecular complexity index is 1830. The number of nitrogens with zero attached hydrogens (tertiary/aromatic N) is 7. The number of benzene rings is 1. The van der Waals surface area contributed by atoms with E-state index in [0.717, 1.165) is 18.1 Å². The Morgan fingerprint density at radius 1 is 1.02 bits per heavy atom. The van der Waals surface area contributed by atoms with Crippen molar-refractivity contribution in [2.24, 2.45) is 5.41 Å². The highest BCUT2D eigenvalue weighted by atomic mass is 19.1. The number of rotatable bonds is 7. The van der Waals surface area contributed by atoms with Gasteiger partial charge in [0, 0.05) is 32.4 Å². The van der Waals surface area contributed by atoms with Crippen LogP contribution in [0.2, 0.25) is 0 Å². The molecule has 2 atom stereocenters. The minimum Gasteiger partial charge on any atom is -0.481 e. The van der Waals surface area contributed by atoms with Crippen molar-refractivity contribution in [3.05, 3.63) is 72.0 Å². The Balaban J connectivity index is 1.25. The molecule has 6 rings (SSSR count). The number of carbonyl (C=O) groups excluding carboxylic acids is 2. The molecule has 2 unspecified atom stereocenters. The maximum atomic E-state index is 15.2. The van der Waals surface area contributed by atoms with Gasteiger partial charge in [0.1, 0.15) is 5.41 Å². The van der Waals surface area contributed by atoms with Crippen LogP contribution in [0, 0.1) is 11.2 Å². The predicted octanol–water partition coefficient (Wildman–Crippen LogP) is 1.97. The summed E-state index contributed by atoms with van der Waals surface area (Å²) in [7, 11) is 0. The highest BCUT2D eigenvalue weighted by molar-refractivity contribution is 6.45. The molecule has 44 heavy (non-hydrogen) atoms. The number of para-hydroxylation sites is 1. The summed E-state index contributed by atoms with van der Waals surface area (Å²) in [5.74, 6) is -4.83. The van der Waals surface area contributed by atoms with Gasteiger partial charge in [0.05, 0.1) is 39.5 Å². The summed E-state index contributed by atoms with van der Waals surface area (Å²) in [6, 6.07) is 9.30. The molecule has 3 aromatic heterocycles. The molecular weight excluding hydrogens is 575 g/mol. The third-order valence-electron chi connectivity index (χ3n) is 8.38. The second kappa shape index (κ2) is 10.7. The number of carboxylic acid groups (broad SMARTS) is 2.